The lowest BCUT2D eigenvalue weighted by Gasteiger charge is -2.31. The van der Waals surface area contributed by atoms with E-state index in [1.165, 1.54) is 0 Å². The van der Waals surface area contributed by atoms with Crippen molar-refractivity contribution in [1.29, 1.82) is 0 Å². The van der Waals surface area contributed by atoms with E-state index in [0.29, 0.717) is 26.2 Å². The number of aromatic nitrogens is 1. The fourth-order valence-corrected chi connectivity index (χ4v) is 3.42. The van der Waals surface area contributed by atoms with Gasteiger partial charge in [-0.2, -0.15) is 0 Å². The fourth-order valence-electron chi connectivity index (χ4n) is 2.87. The van der Waals surface area contributed by atoms with Gasteiger partial charge >= 0.3 is 0 Å². The van der Waals surface area contributed by atoms with Gasteiger partial charge in [0, 0.05) is 34.2 Å². The van der Waals surface area contributed by atoms with Crippen LogP contribution < -0.4 is 0 Å². The molecule has 112 valence electrons. The number of fused-ring (bicyclic) bond motifs is 1. The van der Waals surface area contributed by atoms with Crippen molar-refractivity contribution in [3.05, 3.63) is 34.4 Å². The Hall–Kier alpha value is -1.33. The monoisotopic (exact) mass is 350 g/mol. The lowest BCUT2D eigenvalue weighted by atomic mass is 10.2. The number of hydrogen-bond acceptors (Lipinski definition) is 2. The predicted octanol–water partition coefficient (Wildman–Crippen LogP) is 2.96. The van der Waals surface area contributed by atoms with Crippen molar-refractivity contribution in [2.24, 2.45) is 0 Å². The Morgan fingerprint density at radius 2 is 2.19 bits per heavy atom. The second-order valence-corrected chi connectivity index (χ2v) is 6.32. The Kier molecular flexibility index (Phi) is 4.04. The molecule has 0 bridgehead atoms. The number of para-hydroxylation sites is 1. The van der Waals surface area contributed by atoms with Gasteiger partial charge in [0.25, 0.3) is 0 Å². The average molecular weight is 351 g/mol. The molecule has 1 atom stereocenters. The number of halogens is 1. The van der Waals surface area contributed by atoms with Crippen molar-refractivity contribution >= 4 is 32.7 Å². The summed E-state index contributed by atoms with van der Waals surface area (Å²) in [5.74, 6) is 0.154. The van der Waals surface area contributed by atoms with Gasteiger partial charge in [-0.3, -0.25) is 4.79 Å². The summed E-state index contributed by atoms with van der Waals surface area (Å²) in [6, 6.07) is 8.15. The number of hydrogen-bond donors (Lipinski definition) is 0. The molecule has 1 amide bonds. The van der Waals surface area contributed by atoms with Crippen molar-refractivity contribution < 1.29 is 9.53 Å². The molecule has 1 aromatic heterocycles. The van der Waals surface area contributed by atoms with E-state index in [1.807, 2.05) is 30.9 Å². The van der Waals surface area contributed by atoms with Gasteiger partial charge in [-0.1, -0.05) is 18.2 Å². The highest BCUT2D eigenvalue weighted by Crippen LogP contribution is 2.30. The van der Waals surface area contributed by atoms with Crippen LogP contribution >= 0.6 is 15.9 Å². The van der Waals surface area contributed by atoms with E-state index in [2.05, 4.69) is 32.6 Å². The number of morpholine rings is 1. The third-order valence-corrected chi connectivity index (χ3v) is 5.04. The van der Waals surface area contributed by atoms with E-state index in [0.717, 1.165) is 21.1 Å². The lowest BCUT2D eigenvalue weighted by Crippen LogP contribution is -2.45. The molecule has 0 aliphatic carbocycles. The summed E-state index contributed by atoms with van der Waals surface area (Å²) in [4.78, 5) is 14.5. The normalized spacial score (nSPS) is 19.2. The summed E-state index contributed by atoms with van der Waals surface area (Å²) in [7, 11) is 0. The van der Waals surface area contributed by atoms with Crippen LogP contribution in [-0.4, -0.2) is 41.2 Å². The minimum absolute atomic E-state index is 0.122. The van der Waals surface area contributed by atoms with Crippen LogP contribution in [0.25, 0.3) is 10.9 Å². The van der Waals surface area contributed by atoms with Crippen molar-refractivity contribution in [2.75, 3.05) is 19.7 Å². The van der Waals surface area contributed by atoms with Crippen molar-refractivity contribution in [1.82, 2.24) is 9.47 Å². The van der Waals surface area contributed by atoms with Gasteiger partial charge in [-0.15, -0.1) is 0 Å². The molecule has 0 saturated carbocycles. The highest BCUT2D eigenvalue weighted by atomic mass is 79.9. The summed E-state index contributed by atoms with van der Waals surface area (Å²) < 4.78 is 8.65. The molecule has 5 heteroatoms. The molecule has 1 aromatic carbocycles. The van der Waals surface area contributed by atoms with Crippen LogP contribution in [0.1, 0.15) is 12.6 Å². The maximum atomic E-state index is 12.6. The largest absolute Gasteiger partial charge is 0.375 e. The molecule has 2 aromatic rings. The molecule has 3 rings (SSSR count). The SMILES string of the molecule is Cc1c(Br)c2ccccc2n1CC(=O)N1CCO[C@@H](C)C1. The summed E-state index contributed by atoms with van der Waals surface area (Å²) >= 11 is 3.63. The van der Waals surface area contributed by atoms with Crippen LogP contribution in [0, 0.1) is 6.92 Å². The topological polar surface area (TPSA) is 34.5 Å². The van der Waals surface area contributed by atoms with Gasteiger partial charge in [-0.05, 0) is 35.8 Å². The molecule has 1 aliphatic rings. The third-order valence-electron chi connectivity index (χ3n) is 4.04. The van der Waals surface area contributed by atoms with Crippen LogP contribution in [0.3, 0.4) is 0 Å². The van der Waals surface area contributed by atoms with Crippen LogP contribution in [0.5, 0.6) is 0 Å². The minimum atomic E-state index is 0.122. The molecule has 1 aliphatic heterocycles. The highest BCUT2D eigenvalue weighted by molar-refractivity contribution is 9.10. The van der Waals surface area contributed by atoms with Gasteiger partial charge in [-0.25, -0.2) is 0 Å². The van der Waals surface area contributed by atoms with E-state index in [9.17, 15) is 4.79 Å². The molecule has 4 nitrogen and oxygen atoms in total. The van der Waals surface area contributed by atoms with Gasteiger partial charge in [0.1, 0.15) is 6.54 Å². The number of ether oxygens (including phenoxy) is 1. The maximum absolute atomic E-state index is 12.6. The lowest BCUT2D eigenvalue weighted by molar-refractivity contribution is -0.138. The Bertz CT molecular complexity index is 680. The van der Waals surface area contributed by atoms with Gasteiger partial charge < -0.3 is 14.2 Å². The maximum Gasteiger partial charge on any atom is 0.242 e. The highest BCUT2D eigenvalue weighted by Gasteiger charge is 2.23. The standard InChI is InChI=1S/C16H19BrN2O2/c1-11-9-18(7-8-21-11)15(20)10-19-12(2)16(17)13-5-3-4-6-14(13)19/h3-6,11H,7-10H2,1-2H3/t11-/m0/s1. The number of nitrogens with zero attached hydrogens (tertiary/aromatic N) is 2. The van der Waals surface area contributed by atoms with Crippen LogP contribution in [0.4, 0.5) is 0 Å². The Morgan fingerprint density at radius 1 is 1.43 bits per heavy atom. The summed E-state index contributed by atoms with van der Waals surface area (Å²) in [6.07, 6.45) is 0.122. The zero-order valence-corrected chi connectivity index (χ0v) is 13.9. The van der Waals surface area contributed by atoms with Crippen molar-refractivity contribution in [3.8, 4) is 0 Å². The zero-order valence-electron chi connectivity index (χ0n) is 12.3. The first kappa shape index (κ1) is 14.6. The average Bonchev–Trinajstić information content (AvgIpc) is 2.73. The Labute approximate surface area is 132 Å². The van der Waals surface area contributed by atoms with E-state index in [4.69, 9.17) is 4.74 Å². The number of rotatable bonds is 2. The van der Waals surface area contributed by atoms with Gasteiger partial charge in [0.15, 0.2) is 0 Å². The molecule has 0 N–H and O–H groups in total. The van der Waals surface area contributed by atoms with E-state index in [1.54, 1.807) is 0 Å². The molecule has 1 saturated heterocycles. The number of carbonyl (C=O) groups excluding carboxylic acids is 1. The molecular weight excluding hydrogens is 332 g/mol. The number of amides is 1. The quantitative estimate of drug-likeness (QED) is 0.834. The van der Waals surface area contributed by atoms with Crippen molar-refractivity contribution in [3.63, 3.8) is 0 Å². The molecular formula is C16H19BrN2O2. The molecule has 0 radical (unpaired) electrons. The Morgan fingerprint density at radius 3 is 2.95 bits per heavy atom. The zero-order chi connectivity index (χ0) is 15.0. The van der Waals surface area contributed by atoms with Crippen LogP contribution in [0.2, 0.25) is 0 Å². The first-order valence-corrected chi connectivity index (χ1v) is 8.00. The smallest absolute Gasteiger partial charge is 0.242 e. The van der Waals surface area contributed by atoms with Crippen molar-refractivity contribution in [2.45, 2.75) is 26.5 Å². The third kappa shape index (κ3) is 2.72. The van der Waals surface area contributed by atoms with E-state index in [-0.39, 0.29) is 12.0 Å². The second-order valence-electron chi connectivity index (χ2n) is 5.52. The van der Waals surface area contributed by atoms with Crippen LogP contribution in [-0.2, 0) is 16.1 Å². The summed E-state index contributed by atoms with van der Waals surface area (Å²) in [5, 5.41) is 1.15. The summed E-state index contributed by atoms with van der Waals surface area (Å²) in [6.45, 7) is 6.42. The van der Waals surface area contributed by atoms with Gasteiger partial charge in [0.2, 0.25) is 5.91 Å². The fraction of sp³-hybridized carbons (Fsp3) is 0.438. The molecule has 1 fully saturated rings. The molecule has 2 heterocycles. The van der Waals surface area contributed by atoms with Crippen LogP contribution in [0.15, 0.2) is 28.7 Å². The number of benzene rings is 1. The molecule has 21 heavy (non-hydrogen) atoms. The van der Waals surface area contributed by atoms with Gasteiger partial charge in [0.05, 0.1) is 12.7 Å². The predicted molar refractivity (Wildman–Crippen MR) is 86.4 cm³/mol. The summed E-state index contributed by atoms with van der Waals surface area (Å²) in [5.41, 5.74) is 2.18. The molecule has 0 spiro atoms. The second kappa shape index (κ2) is 5.81. The molecule has 0 unspecified atom stereocenters. The Balaban J connectivity index is 1.88. The first-order chi connectivity index (χ1) is 10.1. The number of carbonyl (C=O) groups is 1. The van der Waals surface area contributed by atoms with E-state index >= 15 is 0 Å². The van der Waals surface area contributed by atoms with E-state index < -0.39 is 0 Å². The first-order valence-electron chi connectivity index (χ1n) is 7.20. The minimum Gasteiger partial charge on any atom is -0.375 e.